The van der Waals surface area contributed by atoms with Gasteiger partial charge in [0.2, 0.25) is 0 Å². The van der Waals surface area contributed by atoms with Crippen LogP contribution in [0.25, 0.3) is 0 Å². The summed E-state index contributed by atoms with van der Waals surface area (Å²) < 4.78 is 6.11. The summed E-state index contributed by atoms with van der Waals surface area (Å²) in [6.07, 6.45) is 0.766. The van der Waals surface area contributed by atoms with E-state index in [2.05, 4.69) is 15.9 Å². The highest BCUT2D eigenvalue weighted by atomic mass is 79.9. The third kappa shape index (κ3) is 3.63. The van der Waals surface area contributed by atoms with Gasteiger partial charge < -0.3 is 14.7 Å². The van der Waals surface area contributed by atoms with Crippen molar-refractivity contribution in [1.29, 1.82) is 0 Å². The highest BCUT2D eigenvalue weighted by Crippen LogP contribution is 2.23. The quantitative estimate of drug-likeness (QED) is 0.880. The molecule has 1 aromatic carbocycles. The number of carboxylic acids is 1. The van der Waals surface area contributed by atoms with Crippen LogP contribution in [0.4, 0.5) is 0 Å². The van der Waals surface area contributed by atoms with Gasteiger partial charge in [0, 0.05) is 16.6 Å². The highest BCUT2D eigenvalue weighted by Gasteiger charge is 2.39. The minimum Gasteiger partial charge on any atom is -0.481 e. The van der Waals surface area contributed by atoms with E-state index in [0.29, 0.717) is 12.1 Å². The topological polar surface area (TPSA) is 66.8 Å². The van der Waals surface area contributed by atoms with Crippen LogP contribution in [0.15, 0.2) is 28.7 Å². The van der Waals surface area contributed by atoms with Gasteiger partial charge in [0.25, 0.3) is 5.91 Å². The van der Waals surface area contributed by atoms with Crippen molar-refractivity contribution < 1.29 is 19.4 Å². The van der Waals surface area contributed by atoms with Gasteiger partial charge in [-0.25, -0.2) is 0 Å². The third-order valence-corrected chi connectivity index (χ3v) is 4.06. The summed E-state index contributed by atoms with van der Waals surface area (Å²) in [6.45, 7) is 2.92. The van der Waals surface area contributed by atoms with Gasteiger partial charge >= 0.3 is 5.97 Å². The zero-order chi connectivity index (χ0) is 15.4. The maximum absolute atomic E-state index is 12.7. The van der Waals surface area contributed by atoms with E-state index in [1.165, 1.54) is 0 Å². The van der Waals surface area contributed by atoms with Crippen molar-refractivity contribution in [3.8, 4) is 0 Å². The van der Waals surface area contributed by atoms with Crippen molar-refractivity contribution >= 4 is 27.8 Å². The van der Waals surface area contributed by atoms with Gasteiger partial charge in [-0.3, -0.25) is 9.59 Å². The maximum atomic E-state index is 12.7. The fourth-order valence-corrected chi connectivity index (χ4v) is 2.93. The summed E-state index contributed by atoms with van der Waals surface area (Å²) in [7, 11) is 0. The molecular weight excluding hydrogens is 338 g/mol. The second-order valence-corrected chi connectivity index (χ2v) is 5.97. The van der Waals surface area contributed by atoms with Gasteiger partial charge in [0.15, 0.2) is 0 Å². The van der Waals surface area contributed by atoms with E-state index in [-0.39, 0.29) is 19.1 Å². The molecule has 1 aliphatic heterocycles. The van der Waals surface area contributed by atoms with E-state index < -0.39 is 17.9 Å². The molecule has 0 radical (unpaired) electrons. The first-order valence-corrected chi connectivity index (χ1v) is 7.71. The molecule has 0 spiro atoms. The molecule has 0 bridgehead atoms. The van der Waals surface area contributed by atoms with Gasteiger partial charge in [-0.1, -0.05) is 28.9 Å². The lowest BCUT2D eigenvalue weighted by atomic mass is 10.0. The number of rotatable bonds is 5. The molecule has 5 nitrogen and oxygen atoms in total. The lowest BCUT2D eigenvalue weighted by molar-refractivity contribution is -0.142. The Morgan fingerprint density at radius 2 is 2.19 bits per heavy atom. The van der Waals surface area contributed by atoms with Crippen molar-refractivity contribution in [1.82, 2.24) is 4.90 Å². The first kappa shape index (κ1) is 16.0. The molecule has 2 rings (SSSR count). The van der Waals surface area contributed by atoms with Gasteiger partial charge in [0.1, 0.15) is 5.92 Å². The molecule has 0 aliphatic carbocycles. The maximum Gasteiger partial charge on any atom is 0.311 e. The molecule has 2 unspecified atom stereocenters. The highest BCUT2D eigenvalue weighted by molar-refractivity contribution is 9.10. The van der Waals surface area contributed by atoms with Gasteiger partial charge in [-0.15, -0.1) is 0 Å². The minimum absolute atomic E-state index is 0.153. The third-order valence-electron chi connectivity index (χ3n) is 3.56. The Hall–Kier alpha value is -1.40. The van der Waals surface area contributed by atoms with Gasteiger partial charge in [0.05, 0.1) is 19.3 Å². The molecule has 1 N–H and O–H groups in total. The smallest absolute Gasteiger partial charge is 0.311 e. The predicted molar refractivity (Wildman–Crippen MR) is 81.2 cm³/mol. The first-order chi connectivity index (χ1) is 10.0. The van der Waals surface area contributed by atoms with E-state index in [4.69, 9.17) is 4.74 Å². The number of benzene rings is 1. The number of aliphatic carboxylic acids is 1. The van der Waals surface area contributed by atoms with E-state index in [1.807, 2.05) is 13.0 Å². The summed E-state index contributed by atoms with van der Waals surface area (Å²) in [5.41, 5.74) is 0.550. The molecule has 1 aromatic rings. The standard InChI is InChI=1S/C15H18BrNO4/c1-2-6-17(13-9-21-8-12(13)15(19)20)14(18)10-4-3-5-11(16)7-10/h3-5,7,12-13H,2,6,8-9H2,1H3,(H,19,20). The number of ether oxygens (including phenoxy) is 1. The minimum atomic E-state index is -0.916. The Morgan fingerprint density at radius 3 is 2.81 bits per heavy atom. The molecule has 1 fully saturated rings. The molecule has 1 saturated heterocycles. The number of carbonyl (C=O) groups excluding carboxylic acids is 1. The van der Waals surface area contributed by atoms with Crippen LogP contribution in [-0.2, 0) is 9.53 Å². The van der Waals surface area contributed by atoms with Crippen molar-refractivity contribution in [2.24, 2.45) is 5.92 Å². The lowest BCUT2D eigenvalue weighted by Gasteiger charge is -2.30. The Kier molecular flexibility index (Phi) is 5.36. The predicted octanol–water partition coefficient (Wildman–Crippen LogP) is 2.40. The van der Waals surface area contributed by atoms with Gasteiger partial charge in [-0.05, 0) is 24.6 Å². The van der Waals surface area contributed by atoms with E-state index in [1.54, 1.807) is 23.1 Å². The van der Waals surface area contributed by atoms with Crippen LogP contribution in [0.1, 0.15) is 23.7 Å². The Labute approximate surface area is 132 Å². The van der Waals surface area contributed by atoms with Crippen LogP contribution in [0.5, 0.6) is 0 Å². The zero-order valence-corrected chi connectivity index (χ0v) is 13.4. The van der Waals surface area contributed by atoms with Crippen molar-refractivity contribution in [2.75, 3.05) is 19.8 Å². The van der Waals surface area contributed by atoms with Crippen LogP contribution in [-0.4, -0.2) is 47.7 Å². The number of hydrogen-bond acceptors (Lipinski definition) is 3. The normalized spacial score (nSPS) is 21.2. The molecule has 0 saturated carbocycles. The van der Waals surface area contributed by atoms with Crippen LogP contribution in [0, 0.1) is 5.92 Å². The molecule has 1 aliphatic rings. The van der Waals surface area contributed by atoms with Gasteiger partial charge in [-0.2, -0.15) is 0 Å². The number of carbonyl (C=O) groups is 2. The fourth-order valence-electron chi connectivity index (χ4n) is 2.53. The summed E-state index contributed by atoms with van der Waals surface area (Å²) >= 11 is 3.35. The molecule has 1 heterocycles. The summed E-state index contributed by atoms with van der Waals surface area (Å²) in [5.74, 6) is -1.73. The van der Waals surface area contributed by atoms with Crippen molar-refractivity contribution in [3.63, 3.8) is 0 Å². The van der Waals surface area contributed by atoms with E-state index in [9.17, 15) is 14.7 Å². The molecular formula is C15H18BrNO4. The summed E-state index contributed by atoms with van der Waals surface area (Å²) in [5, 5.41) is 9.27. The van der Waals surface area contributed by atoms with E-state index in [0.717, 1.165) is 10.9 Å². The molecule has 114 valence electrons. The van der Waals surface area contributed by atoms with E-state index >= 15 is 0 Å². The molecule has 2 atom stereocenters. The number of carboxylic acid groups (broad SMARTS) is 1. The number of hydrogen-bond donors (Lipinski definition) is 1. The largest absolute Gasteiger partial charge is 0.481 e. The Morgan fingerprint density at radius 1 is 1.43 bits per heavy atom. The second kappa shape index (κ2) is 7.04. The average Bonchev–Trinajstić information content (AvgIpc) is 2.93. The van der Waals surface area contributed by atoms with Crippen molar-refractivity contribution in [3.05, 3.63) is 34.3 Å². The molecule has 0 aromatic heterocycles. The van der Waals surface area contributed by atoms with Crippen LogP contribution in [0.3, 0.4) is 0 Å². The lowest BCUT2D eigenvalue weighted by Crippen LogP contribution is -2.47. The monoisotopic (exact) mass is 355 g/mol. The van der Waals surface area contributed by atoms with Crippen LogP contribution < -0.4 is 0 Å². The number of halogens is 1. The Balaban J connectivity index is 2.26. The molecule has 21 heavy (non-hydrogen) atoms. The van der Waals surface area contributed by atoms with Crippen LogP contribution >= 0.6 is 15.9 Å². The zero-order valence-electron chi connectivity index (χ0n) is 11.8. The number of nitrogens with zero attached hydrogens (tertiary/aromatic N) is 1. The first-order valence-electron chi connectivity index (χ1n) is 6.91. The summed E-state index contributed by atoms with van der Waals surface area (Å²) in [4.78, 5) is 25.6. The average molecular weight is 356 g/mol. The molecule has 1 amide bonds. The Bertz CT molecular complexity index is 534. The van der Waals surface area contributed by atoms with Crippen molar-refractivity contribution in [2.45, 2.75) is 19.4 Å². The molecule has 6 heteroatoms. The SMILES string of the molecule is CCCN(C(=O)c1cccc(Br)c1)C1COCC1C(=O)O. The number of amides is 1. The van der Waals surface area contributed by atoms with Crippen LogP contribution in [0.2, 0.25) is 0 Å². The second-order valence-electron chi connectivity index (χ2n) is 5.06. The fraction of sp³-hybridized carbons (Fsp3) is 0.467. The summed E-state index contributed by atoms with van der Waals surface area (Å²) in [6, 6.07) is 6.72.